The van der Waals surface area contributed by atoms with Gasteiger partial charge in [-0.15, -0.1) is 0 Å². The van der Waals surface area contributed by atoms with Crippen LogP contribution in [-0.4, -0.2) is 66.3 Å². The molecule has 254 valence electrons. The first-order valence-electron chi connectivity index (χ1n) is 16.5. The van der Waals surface area contributed by atoms with Crippen molar-refractivity contribution >= 4 is 50.8 Å². The molecule has 0 bridgehead atoms. The largest absolute Gasteiger partial charge is 0.473 e. The van der Waals surface area contributed by atoms with Gasteiger partial charge in [0.1, 0.15) is 23.9 Å². The van der Waals surface area contributed by atoms with E-state index >= 15 is 0 Å². The molecule has 0 aliphatic carbocycles. The average molecular weight is 693 g/mol. The molecule has 13 heteroatoms. The third kappa shape index (κ3) is 6.69. The lowest BCUT2D eigenvalue weighted by Crippen LogP contribution is -2.33. The number of fused-ring (bicyclic) bond motifs is 2. The number of aryl methyl sites for hydroxylation is 1. The van der Waals surface area contributed by atoms with Gasteiger partial charge in [0, 0.05) is 47.4 Å². The SMILES string of the molecule is Cc1cc(NC(=O)c2ccc3c(n2)nc(CN2CC=C(c4cccc(OCc5ccc(Cl)cc5F)n4)CC2)n3C[C@@H]2CCO2)cc2cn[nH]c12. The summed E-state index contributed by atoms with van der Waals surface area (Å²) in [6.07, 6.45) is 5.83. The van der Waals surface area contributed by atoms with Crippen LogP contribution in [0.15, 0.2) is 72.9 Å². The van der Waals surface area contributed by atoms with Crippen LogP contribution in [0.4, 0.5) is 10.1 Å². The first-order valence-corrected chi connectivity index (χ1v) is 16.9. The maximum atomic E-state index is 14.2. The Balaban J connectivity index is 0.968. The number of hydrogen-bond acceptors (Lipinski definition) is 8. The highest BCUT2D eigenvalue weighted by molar-refractivity contribution is 6.30. The number of carbonyl (C=O) groups is 1. The van der Waals surface area contributed by atoms with E-state index in [1.54, 1.807) is 30.5 Å². The quantitative estimate of drug-likeness (QED) is 0.162. The fourth-order valence-corrected chi connectivity index (χ4v) is 6.55. The number of aromatic nitrogens is 6. The molecule has 1 fully saturated rings. The van der Waals surface area contributed by atoms with Crippen LogP contribution in [0.25, 0.3) is 27.6 Å². The van der Waals surface area contributed by atoms with E-state index in [0.717, 1.165) is 65.1 Å². The number of benzene rings is 2. The molecule has 2 aliphatic rings. The molecule has 11 nitrogen and oxygen atoms in total. The summed E-state index contributed by atoms with van der Waals surface area (Å²) in [6.45, 7) is 5.59. The topological polar surface area (TPSA) is 123 Å². The van der Waals surface area contributed by atoms with E-state index in [4.69, 9.17) is 31.0 Å². The molecule has 6 heterocycles. The zero-order valence-corrected chi connectivity index (χ0v) is 28.1. The summed E-state index contributed by atoms with van der Waals surface area (Å²) in [6, 6.07) is 17.6. The first kappa shape index (κ1) is 32.1. The van der Waals surface area contributed by atoms with Crippen molar-refractivity contribution in [3.8, 4) is 5.88 Å². The minimum Gasteiger partial charge on any atom is -0.473 e. The number of rotatable bonds is 10. The van der Waals surface area contributed by atoms with Crippen LogP contribution in [0.2, 0.25) is 5.02 Å². The predicted octanol–water partition coefficient (Wildman–Crippen LogP) is 6.71. The Bertz CT molecular complexity index is 2260. The number of pyridine rings is 2. The second kappa shape index (κ2) is 13.6. The normalized spacial score (nSPS) is 16.4. The number of imidazole rings is 1. The Labute approximate surface area is 292 Å². The molecule has 4 aromatic heterocycles. The van der Waals surface area contributed by atoms with Gasteiger partial charge in [-0.05, 0) is 73.4 Å². The van der Waals surface area contributed by atoms with Crippen molar-refractivity contribution in [2.45, 2.75) is 45.6 Å². The van der Waals surface area contributed by atoms with E-state index in [9.17, 15) is 9.18 Å². The van der Waals surface area contributed by atoms with Gasteiger partial charge in [0.25, 0.3) is 5.91 Å². The maximum absolute atomic E-state index is 14.2. The van der Waals surface area contributed by atoms with Crippen molar-refractivity contribution in [3.63, 3.8) is 0 Å². The average Bonchev–Trinajstić information content (AvgIpc) is 3.71. The number of ether oxygens (including phenoxy) is 2. The highest BCUT2D eigenvalue weighted by Crippen LogP contribution is 2.27. The number of nitrogens with zero attached hydrogens (tertiary/aromatic N) is 6. The van der Waals surface area contributed by atoms with Gasteiger partial charge in [-0.2, -0.15) is 5.10 Å². The van der Waals surface area contributed by atoms with Gasteiger partial charge < -0.3 is 19.4 Å². The lowest BCUT2D eigenvalue weighted by Gasteiger charge is -2.29. The fraction of sp³-hybridized carbons (Fsp3) is 0.270. The molecule has 0 unspecified atom stereocenters. The number of carbonyl (C=O) groups excluding carboxylic acids is 1. The van der Waals surface area contributed by atoms with Gasteiger partial charge in [0.15, 0.2) is 5.65 Å². The van der Waals surface area contributed by atoms with Crippen LogP contribution in [0.3, 0.4) is 0 Å². The van der Waals surface area contributed by atoms with Gasteiger partial charge >= 0.3 is 0 Å². The van der Waals surface area contributed by atoms with E-state index in [0.29, 0.717) is 53.1 Å². The van der Waals surface area contributed by atoms with E-state index in [2.05, 4.69) is 36.0 Å². The molecular formula is C37H34ClFN8O3. The van der Waals surface area contributed by atoms with Crippen LogP contribution >= 0.6 is 11.6 Å². The Morgan fingerprint density at radius 1 is 1.14 bits per heavy atom. The summed E-state index contributed by atoms with van der Waals surface area (Å²) in [5.74, 6) is 0.596. The Morgan fingerprint density at radius 2 is 2.04 bits per heavy atom. The van der Waals surface area contributed by atoms with E-state index in [1.165, 1.54) is 6.07 Å². The molecule has 0 radical (unpaired) electrons. The van der Waals surface area contributed by atoms with Crippen molar-refractivity contribution in [1.82, 2.24) is 34.6 Å². The van der Waals surface area contributed by atoms with Crippen molar-refractivity contribution in [3.05, 3.63) is 112 Å². The molecule has 8 rings (SSSR count). The zero-order valence-electron chi connectivity index (χ0n) is 27.3. The van der Waals surface area contributed by atoms with Crippen molar-refractivity contribution in [2.75, 3.05) is 25.0 Å². The second-order valence-electron chi connectivity index (χ2n) is 12.6. The third-order valence-electron chi connectivity index (χ3n) is 9.21. The van der Waals surface area contributed by atoms with Gasteiger partial charge in [0.2, 0.25) is 5.88 Å². The predicted molar refractivity (Wildman–Crippen MR) is 189 cm³/mol. The van der Waals surface area contributed by atoms with Crippen molar-refractivity contribution in [1.29, 1.82) is 0 Å². The molecule has 2 N–H and O–H groups in total. The van der Waals surface area contributed by atoms with Crippen molar-refractivity contribution < 1.29 is 18.7 Å². The fourth-order valence-electron chi connectivity index (χ4n) is 6.39. The number of H-pyrrole nitrogens is 1. The van der Waals surface area contributed by atoms with Gasteiger partial charge in [0.05, 0.1) is 42.1 Å². The minimum absolute atomic E-state index is 0.0577. The molecule has 0 saturated carbocycles. The number of hydrogen-bond donors (Lipinski definition) is 2. The number of aromatic amines is 1. The highest BCUT2D eigenvalue weighted by Gasteiger charge is 2.25. The van der Waals surface area contributed by atoms with Crippen LogP contribution < -0.4 is 10.1 Å². The summed E-state index contributed by atoms with van der Waals surface area (Å²) in [7, 11) is 0. The highest BCUT2D eigenvalue weighted by atomic mass is 35.5. The van der Waals surface area contributed by atoms with Crippen LogP contribution in [-0.2, 0) is 24.4 Å². The summed E-state index contributed by atoms with van der Waals surface area (Å²) >= 11 is 5.87. The van der Waals surface area contributed by atoms with E-state index in [1.807, 2.05) is 37.3 Å². The molecule has 1 atom stereocenters. The number of halogens is 2. The number of nitrogens with one attached hydrogen (secondary N) is 2. The monoisotopic (exact) mass is 692 g/mol. The maximum Gasteiger partial charge on any atom is 0.274 e. The number of amides is 1. The molecule has 1 amide bonds. The van der Waals surface area contributed by atoms with Crippen LogP contribution in [0, 0.1) is 12.7 Å². The van der Waals surface area contributed by atoms with Gasteiger partial charge in [-0.3, -0.25) is 14.8 Å². The molecule has 50 heavy (non-hydrogen) atoms. The van der Waals surface area contributed by atoms with Crippen molar-refractivity contribution in [2.24, 2.45) is 0 Å². The van der Waals surface area contributed by atoms with Gasteiger partial charge in [-0.1, -0.05) is 29.8 Å². The van der Waals surface area contributed by atoms with E-state index in [-0.39, 0.29) is 18.6 Å². The Hall–Kier alpha value is -5.17. The lowest BCUT2D eigenvalue weighted by atomic mass is 10.0. The van der Waals surface area contributed by atoms with E-state index < -0.39 is 5.82 Å². The summed E-state index contributed by atoms with van der Waals surface area (Å²) < 4.78 is 28.0. The lowest BCUT2D eigenvalue weighted by molar-refractivity contribution is -0.0591. The van der Waals surface area contributed by atoms with Crippen LogP contribution in [0.5, 0.6) is 5.88 Å². The minimum atomic E-state index is -0.408. The zero-order chi connectivity index (χ0) is 34.2. The molecule has 2 aliphatic heterocycles. The second-order valence-corrected chi connectivity index (χ2v) is 13.1. The molecule has 0 spiro atoms. The molecule has 6 aromatic rings. The third-order valence-corrected chi connectivity index (χ3v) is 9.44. The first-order chi connectivity index (χ1) is 24.4. The summed E-state index contributed by atoms with van der Waals surface area (Å²) in [4.78, 5) is 29.9. The standard InChI is InChI=1S/C37H34ClFN8O3/c1-22-15-27(16-25-18-40-45-35(22)25)41-37(48)31-7-8-32-36(43-31)44-33(47(32)19-28-11-14-49-28)20-46-12-9-23(10-13-46)30-3-2-4-34(42-30)50-21-24-5-6-26(38)17-29(24)39/h2-9,15-18,28H,10-14,19-21H2,1H3,(H,40,45)(H,41,48)/t28-/m0/s1. The molecular weight excluding hydrogens is 659 g/mol. The molecule has 1 saturated heterocycles. The summed E-state index contributed by atoms with van der Waals surface area (Å²) in [5.41, 5.74) is 6.67. The van der Waals surface area contributed by atoms with Gasteiger partial charge in [-0.25, -0.2) is 19.3 Å². The van der Waals surface area contributed by atoms with Crippen LogP contribution in [0.1, 0.15) is 46.0 Å². The Morgan fingerprint density at radius 3 is 2.84 bits per heavy atom. The number of anilines is 1. The smallest absolute Gasteiger partial charge is 0.274 e. The Kier molecular flexibility index (Phi) is 8.73. The summed E-state index contributed by atoms with van der Waals surface area (Å²) in [5, 5.41) is 11.3. The molecule has 2 aromatic carbocycles.